The fourth-order valence-corrected chi connectivity index (χ4v) is 5.15. The van der Waals surface area contributed by atoms with Gasteiger partial charge in [0.25, 0.3) is 0 Å². The fourth-order valence-electron chi connectivity index (χ4n) is 3.62. The van der Waals surface area contributed by atoms with Crippen molar-refractivity contribution in [3.05, 3.63) is 67.8 Å². The molecule has 150 valence electrons. The average molecular weight is 473 g/mol. The molecule has 1 aromatic carbocycles. The van der Waals surface area contributed by atoms with Crippen LogP contribution in [0.25, 0.3) is 0 Å². The molecular formula is C21H21BrN4O2S. The molecule has 1 saturated heterocycles. The topological polar surface area (TPSA) is 79.2 Å². The third kappa shape index (κ3) is 4.33. The molecule has 0 spiro atoms. The maximum Gasteiger partial charge on any atom is 0.339 e. The Morgan fingerprint density at radius 1 is 1.28 bits per heavy atom. The van der Waals surface area contributed by atoms with E-state index in [0.29, 0.717) is 18.1 Å². The number of rotatable bonds is 6. The summed E-state index contributed by atoms with van der Waals surface area (Å²) in [7, 11) is 0. The van der Waals surface area contributed by atoms with E-state index in [1.807, 2.05) is 37.3 Å². The number of thiazole rings is 1. The van der Waals surface area contributed by atoms with E-state index >= 15 is 0 Å². The van der Waals surface area contributed by atoms with E-state index in [9.17, 15) is 9.90 Å². The van der Waals surface area contributed by atoms with Crippen molar-refractivity contribution in [2.45, 2.75) is 38.6 Å². The van der Waals surface area contributed by atoms with Crippen LogP contribution in [0.4, 0.5) is 5.95 Å². The van der Waals surface area contributed by atoms with E-state index in [1.54, 1.807) is 11.3 Å². The zero-order chi connectivity index (χ0) is 20.4. The zero-order valence-electron chi connectivity index (χ0n) is 16.0. The van der Waals surface area contributed by atoms with Crippen LogP contribution in [0.3, 0.4) is 0 Å². The van der Waals surface area contributed by atoms with Gasteiger partial charge in [0, 0.05) is 12.7 Å². The van der Waals surface area contributed by atoms with Crippen molar-refractivity contribution in [1.82, 2.24) is 15.0 Å². The number of carboxylic acid groups (broad SMARTS) is 1. The Balaban J connectivity index is 1.62. The molecule has 3 heterocycles. The number of carboxylic acids is 1. The van der Waals surface area contributed by atoms with Crippen molar-refractivity contribution >= 4 is 39.2 Å². The van der Waals surface area contributed by atoms with Crippen LogP contribution in [0.15, 0.2) is 40.3 Å². The van der Waals surface area contributed by atoms with Crippen LogP contribution in [0, 0.1) is 6.92 Å². The minimum Gasteiger partial charge on any atom is -0.478 e. The monoisotopic (exact) mass is 472 g/mol. The minimum absolute atomic E-state index is 0.127. The maximum atomic E-state index is 11.7. The van der Waals surface area contributed by atoms with Crippen molar-refractivity contribution in [1.29, 1.82) is 0 Å². The van der Waals surface area contributed by atoms with Crippen LogP contribution in [-0.2, 0) is 12.8 Å². The van der Waals surface area contributed by atoms with Crippen LogP contribution in [0.5, 0.6) is 0 Å². The molecule has 0 radical (unpaired) electrons. The van der Waals surface area contributed by atoms with E-state index < -0.39 is 5.97 Å². The Bertz CT molecular complexity index is 1010. The Morgan fingerprint density at radius 3 is 2.76 bits per heavy atom. The summed E-state index contributed by atoms with van der Waals surface area (Å²) in [4.78, 5) is 27.6. The van der Waals surface area contributed by atoms with E-state index in [-0.39, 0.29) is 11.6 Å². The molecule has 1 N–H and O–H groups in total. The molecule has 1 atom stereocenters. The Kier molecular flexibility index (Phi) is 5.91. The molecule has 3 aromatic rings. The van der Waals surface area contributed by atoms with Gasteiger partial charge in [-0.15, -0.1) is 11.3 Å². The number of carbonyl (C=O) groups is 1. The Hall–Kier alpha value is -2.32. The van der Waals surface area contributed by atoms with Crippen LogP contribution < -0.4 is 4.90 Å². The second-order valence-electron chi connectivity index (χ2n) is 7.08. The van der Waals surface area contributed by atoms with Crippen molar-refractivity contribution in [2.24, 2.45) is 0 Å². The van der Waals surface area contributed by atoms with Crippen molar-refractivity contribution in [3.8, 4) is 0 Å². The van der Waals surface area contributed by atoms with Gasteiger partial charge in [-0.05, 0) is 54.1 Å². The molecule has 0 bridgehead atoms. The number of halogens is 1. The van der Waals surface area contributed by atoms with Gasteiger partial charge < -0.3 is 10.0 Å². The molecule has 0 amide bonds. The van der Waals surface area contributed by atoms with Gasteiger partial charge in [-0.3, -0.25) is 0 Å². The van der Waals surface area contributed by atoms with Crippen LogP contribution in [0.1, 0.15) is 51.2 Å². The van der Waals surface area contributed by atoms with Gasteiger partial charge in [-0.25, -0.2) is 19.7 Å². The number of aryl methyl sites for hydroxylation is 3. The molecule has 8 heteroatoms. The molecule has 0 saturated carbocycles. The fraction of sp³-hybridized carbons (Fsp3) is 0.333. The van der Waals surface area contributed by atoms with E-state index in [2.05, 4.69) is 25.8 Å². The molecule has 1 fully saturated rings. The Morgan fingerprint density at radius 2 is 2.07 bits per heavy atom. The van der Waals surface area contributed by atoms with E-state index in [4.69, 9.17) is 9.97 Å². The Labute approximate surface area is 181 Å². The third-order valence-electron chi connectivity index (χ3n) is 5.13. The number of nitrogens with zero attached hydrogens (tertiary/aromatic N) is 4. The lowest BCUT2D eigenvalue weighted by Gasteiger charge is -2.23. The summed E-state index contributed by atoms with van der Waals surface area (Å²) in [6, 6.07) is 10.2. The van der Waals surface area contributed by atoms with Gasteiger partial charge in [0.1, 0.15) is 5.01 Å². The summed E-state index contributed by atoms with van der Waals surface area (Å²) >= 11 is 5.20. The summed E-state index contributed by atoms with van der Waals surface area (Å²) < 4.78 is 1.05. The molecule has 1 aliphatic rings. The molecule has 29 heavy (non-hydrogen) atoms. The lowest BCUT2D eigenvalue weighted by atomic mass is 10.1. The zero-order valence-corrected chi connectivity index (χ0v) is 18.4. The van der Waals surface area contributed by atoms with Gasteiger partial charge in [-0.2, -0.15) is 0 Å². The largest absolute Gasteiger partial charge is 0.478 e. The predicted molar refractivity (Wildman–Crippen MR) is 117 cm³/mol. The SMILES string of the molecule is Cc1nc(C2CCCN2c2ncc(C(=O)O)c(CCc3ccccc3)n2)sc1Br. The van der Waals surface area contributed by atoms with Crippen LogP contribution >= 0.6 is 27.3 Å². The highest BCUT2D eigenvalue weighted by Crippen LogP contribution is 2.38. The van der Waals surface area contributed by atoms with Crippen molar-refractivity contribution in [3.63, 3.8) is 0 Å². The molecule has 4 rings (SSSR count). The number of aromatic carboxylic acids is 1. The van der Waals surface area contributed by atoms with Crippen LogP contribution in [-0.4, -0.2) is 32.6 Å². The average Bonchev–Trinajstić information content (AvgIpc) is 3.33. The second-order valence-corrected chi connectivity index (χ2v) is 9.43. The molecule has 0 aliphatic carbocycles. The summed E-state index contributed by atoms with van der Waals surface area (Å²) in [5.74, 6) is -0.401. The maximum absolute atomic E-state index is 11.7. The standard InChI is InChI=1S/C21H21BrN4O2S/c1-13-18(22)29-19(24-13)17-8-5-11-26(17)21-23-12-15(20(27)28)16(25-21)10-9-14-6-3-2-4-7-14/h2-4,6-7,12,17H,5,8-11H2,1H3,(H,27,28). The predicted octanol–water partition coefficient (Wildman–Crippen LogP) is 4.83. The third-order valence-corrected chi connectivity index (χ3v) is 7.24. The lowest BCUT2D eigenvalue weighted by Crippen LogP contribution is -2.25. The second kappa shape index (κ2) is 8.59. The summed E-state index contributed by atoms with van der Waals surface area (Å²) in [6.45, 7) is 2.83. The normalized spacial score (nSPS) is 16.3. The highest BCUT2D eigenvalue weighted by atomic mass is 79.9. The highest BCUT2D eigenvalue weighted by Gasteiger charge is 2.31. The van der Waals surface area contributed by atoms with Gasteiger partial charge in [0.2, 0.25) is 5.95 Å². The minimum atomic E-state index is -0.989. The lowest BCUT2D eigenvalue weighted by molar-refractivity contribution is 0.0694. The molecule has 1 unspecified atom stereocenters. The molecule has 6 nitrogen and oxygen atoms in total. The smallest absolute Gasteiger partial charge is 0.339 e. The molecule has 2 aromatic heterocycles. The van der Waals surface area contributed by atoms with Gasteiger partial charge >= 0.3 is 5.97 Å². The highest BCUT2D eigenvalue weighted by molar-refractivity contribution is 9.11. The summed E-state index contributed by atoms with van der Waals surface area (Å²) in [5.41, 5.74) is 2.90. The van der Waals surface area contributed by atoms with E-state index in [1.165, 1.54) is 6.20 Å². The van der Waals surface area contributed by atoms with Gasteiger partial charge in [-0.1, -0.05) is 30.3 Å². The van der Waals surface area contributed by atoms with Gasteiger partial charge in [0.05, 0.1) is 26.8 Å². The van der Waals surface area contributed by atoms with Crippen molar-refractivity contribution < 1.29 is 9.90 Å². The number of anilines is 1. The number of hydrogen-bond acceptors (Lipinski definition) is 6. The first-order valence-corrected chi connectivity index (χ1v) is 11.2. The quantitative estimate of drug-likeness (QED) is 0.553. The van der Waals surface area contributed by atoms with E-state index in [0.717, 1.165) is 45.9 Å². The van der Waals surface area contributed by atoms with Gasteiger partial charge in [0.15, 0.2) is 0 Å². The first-order valence-electron chi connectivity index (χ1n) is 9.55. The summed E-state index contributed by atoms with van der Waals surface area (Å²) in [6.07, 6.45) is 4.76. The molecule has 1 aliphatic heterocycles. The number of aromatic nitrogens is 3. The summed E-state index contributed by atoms with van der Waals surface area (Å²) in [5, 5.41) is 10.6. The number of benzene rings is 1. The van der Waals surface area contributed by atoms with Crippen LogP contribution in [0.2, 0.25) is 0 Å². The first kappa shape index (κ1) is 20.0. The molecular weight excluding hydrogens is 452 g/mol. The van der Waals surface area contributed by atoms with Crippen molar-refractivity contribution in [2.75, 3.05) is 11.4 Å². The number of hydrogen-bond donors (Lipinski definition) is 1. The first-order chi connectivity index (χ1) is 14.0.